The molecular weight excluding hydrogens is 746 g/mol. The van der Waals surface area contributed by atoms with Crippen LogP contribution in [0, 0.1) is 11.8 Å². The number of benzene rings is 2. The van der Waals surface area contributed by atoms with E-state index >= 15 is 0 Å². The third-order valence-corrected chi connectivity index (χ3v) is 9.89. The van der Waals surface area contributed by atoms with Gasteiger partial charge in [0.2, 0.25) is 0 Å². The number of carbonyl (C=O) groups excluding carboxylic acids is 1. The molecule has 1 saturated carbocycles. The first-order valence-corrected chi connectivity index (χ1v) is 17.8. The predicted molar refractivity (Wildman–Crippen MR) is 188 cm³/mol. The summed E-state index contributed by atoms with van der Waals surface area (Å²) in [4.78, 5) is 17.1. The average Bonchev–Trinajstić information content (AvgIpc) is 3.41. The maximum Gasteiger partial charge on any atom is 0.435 e. The van der Waals surface area contributed by atoms with Gasteiger partial charge in [0.15, 0.2) is 5.69 Å². The molecule has 0 aliphatic heterocycles. The average molecular weight is 783 g/mol. The van der Waals surface area contributed by atoms with Gasteiger partial charge in [0, 0.05) is 23.1 Å². The number of anilines is 1. The van der Waals surface area contributed by atoms with E-state index in [1.54, 1.807) is 30.3 Å². The number of alkyl halides is 6. The lowest BCUT2D eigenvalue weighted by atomic mass is 9.85. The normalized spacial score (nSPS) is 15.0. The van der Waals surface area contributed by atoms with Crippen LogP contribution in [0.5, 0.6) is 11.5 Å². The van der Waals surface area contributed by atoms with E-state index in [2.05, 4.69) is 34.3 Å². The largest absolute Gasteiger partial charge is 0.457 e. The lowest BCUT2D eigenvalue weighted by molar-refractivity contribution is -0.142. The van der Waals surface area contributed by atoms with Crippen molar-refractivity contribution in [2.45, 2.75) is 70.4 Å². The number of thiophene rings is 1. The molecule has 1 amide bonds. The van der Waals surface area contributed by atoms with E-state index in [1.165, 1.54) is 47.9 Å². The Labute approximate surface area is 310 Å². The molecule has 1 aliphatic carbocycles. The van der Waals surface area contributed by atoms with Crippen molar-refractivity contribution < 1.29 is 41.0 Å². The van der Waals surface area contributed by atoms with Gasteiger partial charge in [0.25, 0.3) is 5.91 Å². The molecule has 3 aromatic heterocycles. The monoisotopic (exact) mass is 782 g/mol. The Kier molecular flexibility index (Phi) is 11.9. The van der Waals surface area contributed by atoms with Gasteiger partial charge in [-0.2, -0.15) is 36.5 Å². The van der Waals surface area contributed by atoms with Crippen molar-refractivity contribution in [1.82, 2.24) is 24.5 Å². The number of nitrogens with one attached hydrogen (secondary N) is 1. The van der Waals surface area contributed by atoms with E-state index in [9.17, 15) is 36.2 Å². The molecular formula is C36H37ClF6N6O3S. The van der Waals surface area contributed by atoms with E-state index in [1.807, 2.05) is 12.3 Å². The summed E-state index contributed by atoms with van der Waals surface area (Å²) in [5, 5.41) is 23.5. The number of aryl methyl sites for hydroxylation is 1. The molecule has 1 fully saturated rings. The number of rotatable bonds is 11. The second kappa shape index (κ2) is 15.9. The molecule has 284 valence electrons. The molecule has 2 aromatic carbocycles. The third-order valence-electron chi connectivity index (χ3n) is 8.49. The SMILES string of the molecule is CC(C)CC(C)c1sccc1NC(=O)c1cn(C)nc1C(F)(F)F.OC(Cn1cncn1)(c1ccc(Oc2ccc(Cl)cc2)cc1C(F)(F)F)C1CC1. The Morgan fingerprint density at radius 3 is 2.28 bits per heavy atom. The highest BCUT2D eigenvalue weighted by Crippen LogP contribution is 2.50. The van der Waals surface area contributed by atoms with E-state index in [4.69, 9.17) is 16.3 Å². The molecule has 2 N–H and O–H groups in total. The lowest BCUT2D eigenvalue weighted by Crippen LogP contribution is -2.36. The van der Waals surface area contributed by atoms with Gasteiger partial charge in [-0.05, 0) is 90.4 Å². The Balaban J connectivity index is 0.000000209. The molecule has 5 aromatic rings. The van der Waals surface area contributed by atoms with Crippen molar-refractivity contribution in [3.8, 4) is 11.5 Å². The summed E-state index contributed by atoms with van der Waals surface area (Å²) in [5.41, 5.74) is -3.91. The van der Waals surface area contributed by atoms with Crippen LogP contribution in [0.2, 0.25) is 5.02 Å². The zero-order valence-corrected chi connectivity index (χ0v) is 30.6. The minimum atomic E-state index is -4.67. The molecule has 2 unspecified atom stereocenters. The topological polar surface area (TPSA) is 107 Å². The summed E-state index contributed by atoms with van der Waals surface area (Å²) in [5.74, 6) is -0.00241. The van der Waals surface area contributed by atoms with Gasteiger partial charge in [0.1, 0.15) is 29.8 Å². The Morgan fingerprint density at radius 2 is 1.70 bits per heavy atom. The lowest BCUT2D eigenvalue weighted by Gasteiger charge is -2.31. The van der Waals surface area contributed by atoms with Crippen LogP contribution < -0.4 is 10.1 Å². The van der Waals surface area contributed by atoms with Gasteiger partial charge < -0.3 is 15.2 Å². The smallest absolute Gasteiger partial charge is 0.435 e. The van der Waals surface area contributed by atoms with Crippen LogP contribution in [0.15, 0.2) is 72.8 Å². The molecule has 0 spiro atoms. The standard InChI is InChI=1S/C20H17ClF3N3O2.C16H20F3N3OS/c21-14-3-5-15(6-4-14)29-16-7-8-17(18(9-16)20(22,23)24)19(28,13-1-2-13)10-27-12-25-11-26-27;1-9(2)7-10(3)13-12(5-6-24-13)20-15(23)11-8-22(4)21-14(11)16(17,18)19/h3-9,11-13,28H,1-2,10H2;5-6,8-10H,7H2,1-4H3,(H,20,23). The van der Waals surface area contributed by atoms with E-state index in [0.29, 0.717) is 35.2 Å². The summed E-state index contributed by atoms with van der Waals surface area (Å²) in [6.45, 7) is 6.14. The van der Waals surface area contributed by atoms with Crippen molar-refractivity contribution in [3.63, 3.8) is 0 Å². The Morgan fingerprint density at radius 1 is 1.02 bits per heavy atom. The van der Waals surface area contributed by atoms with Crippen LogP contribution >= 0.6 is 22.9 Å². The Bertz CT molecular complexity index is 1990. The summed E-state index contributed by atoms with van der Waals surface area (Å²) in [6, 6.07) is 11.6. The Hall–Kier alpha value is -4.41. The molecule has 6 rings (SSSR count). The highest BCUT2D eigenvalue weighted by molar-refractivity contribution is 7.10. The summed E-state index contributed by atoms with van der Waals surface area (Å²) in [6.07, 6.45) is -3.38. The number of amides is 1. The van der Waals surface area contributed by atoms with Crippen molar-refractivity contribution in [2.75, 3.05) is 5.32 Å². The van der Waals surface area contributed by atoms with Crippen molar-refractivity contribution in [2.24, 2.45) is 18.9 Å². The number of hydrogen-bond acceptors (Lipinski definition) is 7. The van der Waals surface area contributed by atoms with Crippen LogP contribution in [0.1, 0.15) is 78.0 Å². The number of aromatic nitrogens is 5. The molecule has 0 bridgehead atoms. The van der Waals surface area contributed by atoms with E-state index in [0.717, 1.165) is 28.2 Å². The number of ether oxygens (including phenoxy) is 1. The first-order valence-electron chi connectivity index (χ1n) is 16.5. The molecule has 9 nitrogen and oxygen atoms in total. The predicted octanol–water partition coefficient (Wildman–Crippen LogP) is 9.94. The molecule has 2 atom stereocenters. The maximum atomic E-state index is 13.9. The number of hydrogen-bond donors (Lipinski definition) is 2. The van der Waals surface area contributed by atoms with E-state index in [-0.39, 0.29) is 29.7 Å². The van der Waals surface area contributed by atoms with Crippen molar-refractivity contribution in [1.29, 1.82) is 0 Å². The molecule has 53 heavy (non-hydrogen) atoms. The molecule has 0 saturated heterocycles. The minimum Gasteiger partial charge on any atom is -0.457 e. The van der Waals surface area contributed by atoms with Gasteiger partial charge in [-0.25, -0.2) is 9.67 Å². The fourth-order valence-electron chi connectivity index (χ4n) is 6.07. The van der Waals surface area contributed by atoms with Crippen LogP contribution in [0.4, 0.5) is 32.0 Å². The number of nitrogens with zero attached hydrogens (tertiary/aromatic N) is 5. The van der Waals surface area contributed by atoms with E-state index < -0.39 is 40.7 Å². The first-order chi connectivity index (χ1) is 24.8. The van der Waals surface area contributed by atoms with Gasteiger partial charge in [0.05, 0.1) is 23.4 Å². The van der Waals surface area contributed by atoms with Gasteiger partial charge in [-0.15, -0.1) is 11.3 Å². The van der Waals surface area contributed by atoms with Crippen LogP contribution in [0.3, 0.4) is 0 Å². The van der Waals surface area contributed by atoms with Gasteiger partial charge >= 0.3 is 12.4 Å². The third kappa shape index (κ3) is 9.97. The zero-order chi connectivity index (χ0) is 38.7. The second-order valence-corrected chi connectivity index (χ2v) is 14.7. The minimum absolute atomic E-state index is 0.0160. The fourth-order valence-corrected chi connectivity index (χ4v) is 7.12. The van der Waals surface area contributed by atoms with Crippen LogP contribution in [-0.2, 0) is 31.5 Å². The van der Waals surface area contributed by atoms with Crippen molar-refractivity contribution >= 4 is 34.5 Å². The summed E-state index contributed by atoms with van der Waals surface area (Å²) < 4.78 is 88.6. The fraction of sp³-hybridized carbons (Fsp3) is 0.389. The summed E-state index contributed by atoms with van der Waals surface area (Å²) >= 11 is 7.31. The number of aliphatic hydroxyl groups is 1. The molecule has 1 aliphatic rings. The molecule has 0 radical (unpaired) electrons. The summed E-state index contributed by atoms with van der Waals surface area (Å²) in [7, 11) is 1.35. The van der Waals surface area contributed by atoms with Crippen molar-refractivity contribution in [3.05, 3.63) is 105 Å². The molecule has 17 heteroatoms. The quantitative estimate of drug-likeness (QED) is 0.129. The van der Waals surface area contributed by atoms with Crippen LogP contribution in [0.25, 0.3) is 0 Å². The molecule has 3 heterocycles. The highest BCUT2D eigenvalue weighted by Gasteiger charge is 2.50. The number of carbonyl (C=O) groups is 1. The maximum absolute atomic E-state index is 13.9. The zero-order valence-electron chi connectivity index (χ0n) is 29.0. The van der Waals surface area contributed by atoms with Gasteiger partial charge in [-0.1, -0.05) is 38.4 Å². The first kappa shape index (κ1) is 39.8. The number of halogens is 7. The van der Waals surface area contributed by atoms with Gasteiger partial charge in [-0.3, -0.25) is 9.48 Å². The van der Waals surface area contributed by atoms with Crippen LogP contribution in [-0.4, -0.2) is 35.6 Å². The second-order valence-electron chi connectivity index (χ2n) is 13.3. The highest BCUT2D eigenvalue weighted by atomic mass is 35.5.